The smallest absolute Gasteiger partial charge is 0.336 e. The van der Waals surface area contributed by atoms with Gasteiger partial charge in [-0.2, -0.15) is 13.2 Å². The maximum Gasteiger partial charge on any atom is 0.471 e. The highest BCUT2D eigenvalue weighted by Crippen LogP contribution is 2.38. The van der Waals surface area contributed by atoms with Crippen LogP contribution in [0.4, 0.5) is 13.2 Å². The summed E-state index contributed by atoms with van der Waals surface area (Å²) < 4.78 is 39.5. The minimum Gasteiger partial charge on any atom is -0.336 e. The Balaban J connectivity index is 1.81. The Bertz CT molecular complexity index is 1220. The average Bonchev–Trinajstić information content (AvgIpc) is 3.20. The maximum atomic E-state index is 12.6. The van der Waals surface area contributed by atoms with Crippen molar-refractivity contribution in [3.05, 3.63) is 62.5 Å². The Hall–Kier alpha value is -2.76. The number of halogens is 4. The lowest BCUT2D eigenvalue weighted by atomic mass is 10.00. The molecule has 0 bridgehead atoms. The molecular weight excluding hydrogens is 465 g/mol. The highest BCUT2D eigenvalue weighted by atomic mass is 35.5. The first-order chi connectivity index (χ1) is 15.1. The molecule has 2 aromatic heterocycles. The molecule has 0 radical (unpaired) electrons. The van der Waals surface area contributed by atoms with Crippen LogP contribution in [-0.2, 0) is 4.79 Å². The number of fused-ring (bicyclic) bond motifs is 3. The molecule has 4 rings (SSSR count). The summed E-state index contributed by atoms with van der Waals surface area (Å²) in [4.78, 5) is 17.1. The molecule has 3 aromatic rings. The van der Waals surface area contributed by atoms with Gasteiger partial charge in [-0.05, 0) is 38.5 Å². The number of aliphatic imine (C=N–C) groups is 1. The zero-order valence-corrected chi connectivity index (χ0v) is 18.8. The second-order valence-corrected chi connectivity index (χ2v) is 8.82. The maximum absolute atomic E-state index is 12.6. The summed E-state index contributed by atoms with van der Waals surface area (Å²) in [7, 11) is 0. The van der Waals surface area contributed by atoms with Gasteiger partial charge in [0.1, 0.15) is 10.8 Å². The number of rotatable bonds is 4. The van der Waals surface area contributed by atoms with E-state index in [0.29, 0.717) is 22.4 Å². The van der Waals surface area contributed by atoms with E-state index >= 15 is 0 Å². The summed E-state index contributed by atoms with van der Waals surface area (Å²) in [6, 6.07) is 7.16. The van der Waals surface area contributed by atoms with Crippen molar-refractivity contribution >= 4 is 34.6 Å². The van der Waals surface area contributed by atoms with E-state index in [4.69, 9.17) is 16.6 Å². The lowest BCUT2D eigenvalue weighted by Crippen LogP contribution is -2.42. The van der Waals surface area contributed by atoms with Crippen LogP contribution in [0.2, 0.25) is 5.02 Å². The number of carbonyl (C=O) groups is 1. The lowest BCUT2D eigenvalue weighted by Gasteiger charge is -2.15. The standard InChI is InChI=1S/C20H18ClF3N6OS/c1-9-10(2)32-18-14(9)15(12-4-6-13(21)7-5-12)27-16(17-29-28-11(3)30(17)18)25-8-26-19(31)20(22,23)24/h4-7,16,25H,8H2,1-3H3,(H,26,31). The predicted molar refractivity (Wildman–Crippen MR) is 115 cm³/mol. The number of carbonyl (C=O) groups excluding carboxylic acids is 1. The summed E-state index contributed by atoms with van der Waals surface area (Å²) in [5, 5.41) is 14.5. The van der Waals surface area contributed by atoms with E-state index in [1.54, 1.807) is 30.4 Å². The fraction of sp³-hybridized carbons (Fsp3) is 0.300. The number of aromatic nitrogens is 3. The molecule has 0 saturated heterocycles. The summed E-state index contributed by atoms with van der Waals surface area (Å²) in [6.07, 6.45) is -5.83. The van der Waals surface area contributed by atoms with Crippen molar-refractivity contribution in [3.8, 4) is 5.00 Å². The summed E-state index contributed by atoms with van der Waals surface area (Å²) >= 11 is 7.61. The number of aryl methyl sites for hydroxylation is 2. The zero-order chi connectivity index (χ0) is 23.2. The van der Waals surface area contributed by atoms with Crippen LogP contribution in [0.15, 0.2) is 29.3 Å². The van der Waals surface area contributed by atoms with Crippen LogP contribution >= 0.6 is 22.9 Å². The summed E-state index contributed by atoms with van der Waals surface area (Å²) in [5.74, 6) is -1.01. The van der Waals surface area contributed by atoms with Gasteiger partial charge >= 0.3 is 12.1 Å². The zero-order valence-electron chi connectivity index (χ0n) is 17.2. The number of alkyl halides is 3. The van der Waals surface area contributed by atoms with Gasteiger partial charge < -0.3 is 5.32 Å². The van der Waals surface area contributed by atoms with Gasteiger partial charge in [0.25, 0.3) is 0 Å². The Labute approximate surface area is 190 Å². The average molecular weight is 483 g/mol. The van der Waals surface area contributed by atoms with E-state index in [0.717, 1.165) is 26.6 Å². The molecule has 32 heavy (non-hydrogen) atoms. The summed E-state index contributed by atoms with van der Waals surface area (Å²) in [6.45, 7) is 5.33. The van der Waals surface area contributed by atoms with Gasteiger partial charge in [0.2, 0.25) is 0 Å². The van der Waals surface area contributed by atoms with Crippen LogP contribution in [-0.4, -0.2) is 39.2 Å². The fourth-order valence-electron chi connectivity index (χ4n) is 3.40. The molecule has 2 N–H and O–H groups in total. The van der Waals surface area contributed by atoms with E-state index in [9.17, 15) is 18.0 Å². The third-order valence-electron chi connectivity index (χ3n) is 5.08. The molecule has 0 spiro atoms. The minimum absolute atomic E-state index is 0.412. The van der Waals surface area contributed by atoms with Gasteiger partial charge in [-0.1, -0.05) is 23.7 Å². The molecule has 1 aliphatic rings. The minimum atomic E-state index is -4.97. The Morgan fingerprint density at radius 1 is 1.19 bits per heavy atom. The number of thiophene rings is 1. The molecule has 12 heteroatoms. The van der Waals surface area contributed by atoms with Crippen LogP contribution < -0.4 is 10.6 Å². The number of nitrogens with one attached hydrogen (secondary N) is 2. The summed E-state index contributed by atoms with van der Waals surface area (Å²) in [5.41, 5.74) is 3.36. The van der Waals surface area contributed by atoms with Gasteiger partial charge in [0.05, 0.1) is 12.4 Å². The van der Waals surface area contributed by atoms with Crippen molar-refractivity contribution in [2.45, 2.75) is 33.1 Å². The second-order valence-electron chi connectivity index (χ2n) is 7.18. The number of benzene rings is 1. The molecule has 168 valence electrons. The third-order valence-corrected chi connectivity index (χ3v) is 6.52. The molecule has 1 aromatic carbocycles. The molecule has 1 amide bonds. The number of nitrogens with zero attached hydrogens (tertiary/aromatic N) is 4. The van der Waals surface area contributed by atoms with Crippen LogP contribution in [0.5, 0.6) is 0 Å². The van der Waals surface area contributed by atoms with Crippen molar-refractivity contribution < 1.29 is 18.0 Å². The number of amides is 1. The molecule has 7 nitrogen and oxygen atoms in total. The fourth-order valence-corrected chi connectivity index (χ4v) is 4.74. The van der Waals surface area contributed by atoms with Crippen molar-refractivity contribution in [2.24, 2.45) is 4.99 Å². The molecule has 0 aliphatic carbocycles. The Morgan fingerprint density at radius 3 is 2.53 bits per heavy atom. The molecule has 1 atom stereocenters. The highest BCUT2D eigenvalue weighted by molar-refractivity contribution is 7.15. The van der Waals surface area contributed by atoms with Gasteiger partial charge in [-0.15, -0.1) is 21.5 Å². The van der Waals surface area contributed by atoms with Crippen molar-refractivity contribution in [3.63, 3.8) is 0 Å². The molecule has 1 aliphatic heterocycles. The van der Waals surface area contributed by atoms with E-state index in [1.165, 1.54) is 0 Å². The Kier molecular flexibility index (Phi) is 5.82. The predicted octanol–water partition coefficient (Wildman–Crippen LogP) is 3.98. The van der Waals surface area contributed by atoms with Gasteiger partial charge in [0, 0.05) is 21.0 Å². The van der Waals surface area contributed by atoms with E-state index in [-0.39, 0.29) is 0 Å². The lowest BCUT2D eigenvalue weighted by molar-refractivity contribution is -0.173. The second kappa shape index (κ2) is 8.30. The largest absolute Gasteiger partial charge is 0.471 e. The van der Waals surface area contributed by atoms with Gasteiger partial charge in [0.15, 0.2) is 12.0 Å². The monoisotopic (exact) mass is 482 g/mol. The number of hydrogen-bond donors (Lipinski definition) is 2. The molecule has 3 heterocycles. The Morgan fingerprint density at radius 2 is 1.88 bits per heavy atom. The van der Waals surface area contributed by atoms with E-state index in [2.05, 4.69) is 15.5 Å². The molecule has 0 saturated carbocycles. The highest BCUT2D eigenvalue weighted by Gasteiger charge is 2.38. The first-order valence-corrected chi connectivity index (χ1v) is 10.7. The molecule has 1 unspecified atom stereocenters. The topological polar surface area (TPSA) is 84.2 Å². The first-order valence-electron chi connectivity index (χ1n) is 9.52. The third kappa shape index (κ3) is 4.03. The van der Waals surface area contributed by atoms with Crippen LogP contribution in [0.25, 0.3) is 5.00 Å². The van der Waals surface area contributed by atoms with Crippen LogP contribution in [0, 0.1) is 20.8 Å². The van der Waals surface area contributed by atoms with E-state index < -0.39 is 24.9 Å². The molecular formula is C20H18ClF3N6OS. The van der Waals surface area contributed by atoms with Crippen molar-refractivity contribution in [1.82, 2.24) is 25.4 Å². The van der Waals surface area contributed by atoms with Crippen LogP contribution in [0.1, 0.15) is 39.4 Å². The van der Waals surface area contributed by atoms with Gasteiger partial charge in [-0.3, -0.25) is 19.7 Å². The quantitative estimate of drug-likeness (QED) is 0.551. The van der Waals surface area contributed by atoms with Crippen LogP contribution in [0.3, 0.4) is 0 Å². The van der Waals surface area contributed by atoms with E-state index in [1.807, 2.05) is 35.9 Å². The number of hydrogen-bond acceptors (Lipinski definition) is 6. The van der Waals surface area contributed by atoms with Crippen molar-refractivity contribution in [2.75, 3.05) is 6.67 Å². The first kappa shape index (κ1) is 22.4. The van der Waals surface area contributed by atoms with Crippen molar-refractivity contribution in [1.29, 1.82) is 0 Å². The van der Waals surface area contributed by atoms with Gasteiger partial charge in [-0.25, -0.2) is 0 Å². The normalized spacial score (nSPS) is 15.6. The SMILES string of the molecule is Cc1sc2c(c1C)C(c1ccc(Cl)cc1)=NC(NCNC(=O)C(F)(F)F)c1nnc(C)n1-2. The molecule has 0 fully saturated rings.